The van der Waals surface area contributed by atoms with Gasteiger partial charge in [-0.3, -0.25) is 4.79 Å². The second-order valence-electron chi connectivity index (χ2n) is 11.4. The van der Waals surface area contributed by atoms with Crippen molar-refractivity contribution < 1.29 is 44.2 Å². The summed E-state index contributed by atoms with van der Waals surface area (Å²) in [5.41, 5.74) is 22.0. The van der Waals surface area contributed by atoms with Crippen LogP contribution in [-0.2, 0) is 23.7 Å². The van der Waals surface area contributed by atoms with Gasteiger partial charge in [-0.2, -0.15) is 0 Å². The second-order valence-corrected chi connectivity index (χ2v) is 11.4. The van der Waals surface area contributed by atoms with E-state index in [9.17, 15) is 15.0 Å². The second kappa shape index (κ2) is 20.5. The summed E-state index contributed by atoms with van der Waals surface area (Å²) in [5.74, 6) is 1.13. The van der Waals surface area contributed by atoms with Crippen LogP contribution in [0.3, 0.4) is 0 Å². The molecule has 15 heteroatoms. The molecule has 252 valence electrons. The highest BCUT2D eigenvalue weighted by molar-refractivity contribution is 5.76. The van der Waals surface area contributed by atoms with E-state index >= 15 is 0 Å². The number of aliphatic hydroxyl groups is 4. The van der Waals surface area contributed by atoms with Gasteiger partial charge in [-0.25, -0.2) is 0 Å². The van der Waals surface area contributed by atoms with Gasteiger partial charge < -0.3 is 72.9 Å². The smallest absolute Gasteiger partial charge is 0.220 e. The van der Waals surface area contributed by atoms with E-state index in [4.69, 9.17) is 52.1 Å². The normalized spacial score (nSPS) is 35.8. The molecule has 3 aliphatic heterocycles. The van der Waals surface area contributed by atoms with Crippen LogP contribution < -0.4 is 33.6 Å². The predicted octanol–water partition coefficient (Wildman–Crippen LogP) is -2.78. The minimum Gasteiger partial charge on any atom is -0.497 e. The summed E-state index contributed by atoms with van der Waals surface area (Å²) in [6, 6.07) is -0.912. The number of amides is 1. The van der Waals surface area contributed by atoms with Gasteiger partial charge in [0.05, 0.1) is 38.0 Å². The largest absolute Gasteiger partial charge is 0.497 e. The number of allylic oxidation sites excluding steroid dienone is 1. The van der Waals surface area contributed by atoms with Gasteiger partial charge >= 0.3 is 0 Å². The lowest BCUT2D eigenvalue weighted by Gasteiger charge is -2.38. The molecule has 10 atom stereocenters. The molecule has 0 aromatic carbocycles. The van der Waals surface area contributed by atoms with Crippen LogP contribution in [-0.4, -0.2) is 127 Å². The van der Waals surface area contributed by atoms with Gasteiger partial charge in [0, 0.05) is 31.5 Å². The molecule has 0 spiro atoms. The molecular formula is C28H56N6O9. The molecule has 1 amide bonds. The molecule has 4 rings (SSSR count). The topological polar surface area (TPSA) is 263 Å². The summed E-state index contributed by atoms with van der Waals surface area (Å²) in [7, 11) is 1.93. The van der Waals surface area contributed by atoms with Crippen LogP contribution in [0.4, 0.5) is 0 Å². The standard InChI is InChI=1S/C15H29N3O4.C7H13NO.C6H14N2O4/c16-5-1-2-14(20)18-11-6-10(17)7-13(8-11)22-15-4-3-12(9-19)21-15;1-8-6-7-4-2-3-5-9-7;7-1-2-4(9)5(10)3(8)6(11)12-2/h10-13,15,19H,1-9,16-17H2,(H,18,20);4,8H,2-3,5-6H2,1H3;2-6,9-11H,1,7-8H2/t;;2-,3+,4+,5?,6-/m..0/s1. The Labute approximate surface area is 254 Å². The molecule has 1 aliphatic carbocycles. The van der Waals surface area contributed by atoms with Crippen LogP contribution >= 0.6 is 0 Å². The molecule has 43 heavy (non-hydrogen) atoms. The van der Waals surface area contributed by atoms with Gasteiger partial charge in [0.1, 0.15) is 24.1 Å². The first-order valence-corrected chi connectivity index (χ1v) is 15.4. The minimum atomic E-state index is -1.27. The van der Waals surface area contributed by atoms with Crippen LogP contribution in [0, 0.1) is 0 Å². The first-order valence-electron chi connectivity index (χ1n) is 15.4. The van der Waals surface area contributed by atoms with Crippen molar-refractivity contribution in [2.75, 3.05) is 39.9 Å². The highest BCUT2D eigenvalue weighted by Gasteiger charge is 2.41. The van der Waals surface area contributed by atoms with E-state index in [2.05, 4.69) is 16.7 Å². The van der Waals surface area contributed by atoms with Crippen molar-refractivity contribution in [2.45, 2.75) is 119 Å². The van der Waals surface area contributed by atoms with Gasteiger partial charge in [0.25, 0.3) is 0 Å². The first kappa shape index (κ1) is 37.7. The van der Waals surface area contributed by atoms with E-state index in [0.29, 0.717) is 19.4 Å². The molecule has 3 fully saturated rings. The fraction of sp³-hybridized carbons (Fsp3) is 0.893. The van der Waals surface area contributed by atoms with Gasteiger partial charge in [-0.1, -0.05) is 0 Å². The third kappa shape index (κ3) is 13.6. The van der Waals surface area contributed by atoms with E-state index in [1.165, 1.54) is 12.8 Å². The third-order valence-electron chi connectivity index (χ3n) is 7.65. The van der Waals surface area contributed by atoms with Gasteiger partial charge in [0.15, 0.2) is 12.6 Å². The lowest BCUT2D eigenvalue weighted by molar-refractivity contribution is -0.238. The Hall–Kier alpha value is -1.47. The van der Waals surface area contributed by atoms with E-state index in [1.54, 1.807) is 0 Å². The van der Waals surface area contributed by atoms with Crippen molar-refractivity contribution in [3.05, 3.63) is 11.8 Å². The Bertz CT molecular complexity index is 808. The SMILES string of the molecule is CNCC1=CCCCO1.NCCCC(=O)NC1CC(N)CC(OC2CCC(CO)O2)C1.NC[C@@H]1O[C@H](O)[C@H](N)C(O)[C@@H]1O. The zero-order valence-electron chi connectivity index (χ0n) is 25.4. The maximum Gasteiger partial charge on any atom is 0.220 e. The van der Waals surface area contributed by atoms with Crippen molar-refractivity contribution in [2.24, 2.45) is 22.9 Å². The minimum absolute atomic E-state index is 0.00833. The molecule has 0 bridgehead atoms. The Balaban J connectivity index is 0.000000256. The van der Waals surface area contributed by atoms with Crippen LogP contribution in [0.5, 0.6) is 0 Å². The average Bonchev–Trinajstić information content (AvgIpc) is 3.45. The van der Waals surface area contributed by atoms with E-state index in [1.807, 2.05) is 7.05 Å². The summed E-state index contributed by atoms with van der Waals surface area (Å²) in [6.45, 7) is 2.35. The van der Waals surface area contributed by atoms with E-state index in [-0.39, 0.29) is 49.6 Å². The molecule has 3 heterocycles. The monoisotopic (exact) mass is 620 g/mol. The average molecular weight is 621 g/mol. The van der Waals surface area contributed by atoms with Crippen LogP contribution in [0.25, 0.3) is 0 Å². The number of nitrogens with one attached hydrogen (secondary N) is 2. The maximum atomic E-state index is 11.8. The number of nitrogens with two attached hydrogens (primary N) is 4. The highest BCUT2D eigenvalue weighted by atomic mass is 16.7. The number of hydrogen-bond acceptors (Lipinski definition) is 14. The molecule has 0 radical (unpaired) electrons. The quantitative estimate of drug-likeness (QED) is 0.118. The highest BCUT2D eigenvalue weighted by Crippen LogP contribution is 2.27. The third-order valence-corrected chi connectivity index (χ3v) is 7.65. The van der Waals surface area contributed by atoms with Crippen molar-refractivity contribution in [1.29, 1.82) is 0 Å². The Morgan fingerprint density at radius 1 is 1.09 bits per heavy atom. The zero-order valence-corrected chi connectivity index (χ0v) is 25.4. The van der Waals surface area contributed by atoms with E-state index in [0.717, 1.165) is 51.0 Å². The number of aliphatic hydroxyl groups excluding tert-OH is 4. The summed E-state index contributed by atoms with van der Waals surface area (Å²) < 4.78 is 21.7. The lowest BCUT2D eigenvalue weighted by Crippen LogP contribution is -2.62. The fourth-order valence-electron chi connectivity index (χ4n) is 5.29. The molecule has 1 saturated carbocycles. The number of likely N-dealkylation sites (N-methyl/N-ethyl adjacent to an activating group) is 1. The van der Waals surface area contributed by atoms with Crippen molar-refractivity contribution in [3.8, 4) is 0 Å². The molecule has 15 nitrogen and oxygen atoms in total. The molecule has 14 N–H and O–H groups in total. The van der Waals surface area contributed by atoms with Crippen LogP contribution in [0.1, 0.15) is 57.8 Å². The molecule has 6 unspecified atom stereocenters. The number of rotatable bonds is 10. The Morgan fingerprint density at radius 3 is 2.47 bits per heavy atom. The number of ether oxygens (including phenoxy) is 4. The Morgan fingerprint density at radius 2 is 1.86 bits per heavy atom. The summed E-state index contributed by atoms with van der Waals surface area (Å²) in [5, 5.41) is 42.8. The van der Waals surface area contributed by atoms with Gasteiger partial charge in [-0.15, -0.1) is 0 Å². The molecule has 0 aromatic rings. The lowest BCUT2D eigenvalue weighted by atomic mass is 9.89. The van der Waals surface area contributed by atoms with Crippen LogP contribution in [0.2, 0.25) is 0 Å². The first-order chi connectivity index (χ1) is 20.6. The number of carbonyl (C=O) groups is 1. The molecular weight excluding hydrogens is 564 g/mol. The van der Waals surface area contributed by atoms with E-state index < -0.39 is 30.6 Å². The van der Waals surface area contributed by atoms with Crippen molar-refractivity contribution in [1.82, 2.24) is 10.6 Å². The summed E-state index contributed by atoms with van der Waals surface area (Å²) in [6.07, 6.45) is 4.85. The molecule has 2 saturated heterocycles. The van der Waals surface area contributed by atoms with Crippen molar-refractivity contribution in [3.63, 3.8) is 0 Å². The predicted molar refractivity (Wildman–Crippen MR) is 159 cm³/mol. The fourth-order valence-corrected chi connectivity index (χ4v) is 5.29. The molecule has 4 aliphatic rings. The maximum absolute atomic E-state index is 11.8. The van der Waals surface area contributed by atoms with Gasteiger partial charge in [0.2, 0.25) is 5.91 Å². The van der Waals surface area contributed by atoms with Gasteiger partial charge in [-0.05, 0) is 64.6 Å². The number of carbonyl (C=O) groups excluding carboxylic acids is 1. The number of hydrogen-bond donors (Lipinski definition) is 10. The summed E-state index contributed by atoms with van der Waals surface area (Å²) in [4.78, 5) is 11.8. The summed E-state index contributed by atoms with van der Waals surface area (Å²) >= 11 is 0. The van der Waals surface area contributed by atoms with Crippen LogP contribution in [0.15, 0.2) is 11.8 Å². The Kier molecular flexibility index (Phi) is 18.0. The molecule has 0 aromatic heterocycles. The zero-order chi connectivity index (χ0) is 31.8. The van der Waals surface area contributed by atoms with Crippen molar-refractivity contribution >= 4 is 5.91 Å².